The molecule has 0 radical (unpaired) electrons. The Morgan fingerprint density at radius 2 is 1.83 bits per heavy atom. The van der Waals surface area contributed by atoms with Gasteiger partial charge in [0.2, 0.25) is 11.8 Å². The third-order valence-electron chi connectivity index (χ3n) is 2.04. The van der Waals surface area contributed by atoms with Crippen LogP contribution < -0.4 is 11.1 Å². The maximum absolute atomic E-state index is 11.3. The highest BCUT2D eigenvalue weighted by atomic mass is 16.2. The molecule has 0 saturated heterocycles. The van der Waals surface area contributed by atoms with Crippen LogP contribution in [0.2, 0.25) is 0 Å². The maximum Gasteiger partial charge on any atom is 0.241 e. The van der Waals surface area contributed by atoms with E-state index in [1.165, 1.54) is 13.0 Å². The largest absolute Gasteiger partial charge is 0.366 e. The average molecular weight is 246 g/mol. The molecule has 0 atom stereocenters. The van der Waals surface area contributed by atoms with Gasteiger partial charge >= 0.3 is 0 Å². The van der Waals surface area contributed by atoms with Gasteiger partial charge in [0.05, 0.1) is 6.42 Å². The fraction of sp³-hybridized carbons (Fsp3) is 0.154. The maximum atomic E-state index is 11.3. The van der Waals surface area contributed by atoms with E-state index in [0.717, 1.165) is 5.56 Å². The molecule has 1 aromatic rings. The van der Waals surface area contributed by atoms with Crippen molar-refractivity contribution in [3.8, 4) is 0 Å². The number of amides is 2. The van der Waals surface area contributed by atoms with Gasteiger partial charge in [-0.25, -0.2) is 0 Å². The van der Waals surface area contributed by atoms with E-state index in [1.54, 1.807) is 30.3 Å². The van der Waals surface area contributed by atoms with E-state index in [1.807, 2.05) is 0 Å². The van der Waals surface area contributed by atoms with Gasteiger partial charge in [-0.15, -0.1) is 0 Å². The molecule has 5 heteroatoms. The second-order valence-corrected chi connectivity index (χ2v) is 3.78. The van der Waals surface area contributed by atoms with E-state index in [4.69, 9.17) is 5.73 Å². The van der Waals surface area contributed by atoms with Crippen LogP contribution >= 0.6 is 0 Å². The van der Waals surface area contributed by atoms with Gasteiger partial charge in [-0.2, -0.15) is 0 Å². The fourth-order valence-corrected chi connectivity index (χ4v) is 1.29. The van der Waals surface area contributed by atoms with Crippen molar-refractivity contribution in [2.75, 3.05) is 5.32 Å². The molecule has 1 rings (SSSR count). The lowest BCUT2D eigenvalue weighted by Crippen LogP contribution is -2.14. The lowest BCUT2D eigenvalue weighted by Gasteiger charge is -2.03. The van der Waals surface area contributed by atoms with Crippen molar-refractivity contribution in [2.24, 2.45) is 5.73 Å². The second kappa shape index (κ2) is 6.34. The topological polar surface area (TPSA) is 89.3 Å². The van der Waals surface area contributed by atoms with Gasteiger partial charge in [0, 0.05) is 11.8 Å². The van der Waals surface area contributed by atoms with Gasteiger partial charge in [0.25, 0.3) is 0 Å². The molecule has 3 N–H and O–H groups in total. The molecule has 0 aromatic heterocycles. The van der Waals surface area contributed by atoms with E-state index < -0.39 is 5.91 Å². The first kappa shape index (κ1) is 13.6. The zero-order valence-corrected chi connectivity index (χ0v) is 9.97. The summed E-state index contributed by atoms with van der Waals surface area (Å²) in [6, 6.07) is 6.81. The molecule has 0 bridgehead atoms. The van der Waals surface area contributed by atoms with Crippen molar-refractivity contribution in [1.82, 2.24) is 0 Å². The summed E-state index contributed by atoms with van der Waals surface area (Å²) < 4.78 is 0. The Hall–Kier alpha value is -2.43. The van der Waals surface area contributed by atoms with E-state index in [2.05, 4.69) is 5.32 Å². The molecule has 0 heterocycles. The van der Waals surface area contributed by atoms with Gasteiger partial charge in [-0.3, -0.25) is 14.4 Å². The van der Waals surface area contributed by atoms with Crippen molar-refractivity contribution in [3.05, 3.63) is 35.9 Å². The monoisotopic (exact) mass is 246 g/mol. The summed E-state index contributed by atoms with van der Waals surface area (Å²) >= 11 is 0. The Labute approximate surface area is 105 Å². The van der Waals surface area contributed by atoms with Crippen molar-refractivity contribution >= 4 is 29.4 Å². The molecule has 5 nitrogen and oxygen atoms in total. The number of hydrogen-bond donors (Lipinski definition) is 2. The van der Waals surface area contributed by atoms with Crippen molar-refractivity contribution in [1.29, 1.82) is 0 Å². The van der Waals surface area contributed by atoms with Crippen LogP contribution in [0.5, 0.6) is 0 Å². The van der Waals surface area contributed by atoms with Crippen LogP contribution in [-0.2, 0) is 14.4 Å². The van der Waals surface area contributed by atoms with Crippen molar-refractivity contribution in [2.45, 2.75) is 13.3 Å². The zero-order chi connectivity index (χ0) is 13.5. The van der Waals surface area contributed by atoms with Gasteiger partial charge in [0.15, 0.2) is 0 Å². The summed E-state index contributed by atoms with van der Waals surface area (Å²) in [7, 11) is 0. The summed E-state index contributed by atoms with van der Waals surface area (Å²) in [4.78, 5) is 32.6. The number of ketones is 1. The Balaban J connectivity index is 2.63. The molecule has 0 spiro atoms. The first-order valence-corrected chi connectivity index (χ1v) is 5.34. The molecule has 2 amide bonds. The van der Waals surface area contributed by atoms with Crippen LogP contribution in [0.4, 0.5) is 5.69 Å². The lowest BCUT2D eigenvalue weighted by molar-refractivity contribution is -0.124. The predicted molar refractivity (Wildman–Crippen MR) is 68.6 cm³/mol. The van der Waals surface area contributed by atoms with Crippen molar-refractivity contribution < 1.29 is 14.4 Å². The number of carbonyl (C=O) groups is 3. The minimum Gasteiger partial charge on any atom is -0.366 e. The SMILES string of the molecule is CC(=O)CC(=O)Nc1ccc(C=CC(N)=O)cc1. The number of nitrogens with one attached hydrogen (secondary N) is 1. The standard InChI is InChI=1S/C13H14N2O3/c1-9(16)8-13(18)15-11-5-2-10(3-6-11)4-7-12(14)17/h2-7H,8H2,1H3,(H2,14,17)(H,15,18). The molecular formula is C13H14N2O3. The molecular weight excluding hydrogens is 232 g/mol. The molecule has 0 unspecified atom stereocenters. The number of rotatable bonds is 5. The van der Waals surface area contributed by atoms with Crippen molar-refractivity contribution in [3.63, 3.8) is 0 Å². The smallest absolute Gasteiger partial charge is 0.241 e. The average Bonchev–Trinajstić information content (AvgIpc) is 2.26. The van der Waals surface area contributed by atoms with Crippen LogP contribution in [-0.4, -0.2) is 17.6 Å². The minimum atomic E-state index is -0.520. The summed E-state index contributed by atoms with van der Waals surface area (Å²) in [5.74, 6) is -1.05. The molecule has 1 aromatic carbocycles. The first-order chi connectivity index (χ1) is 8.47. The third-order valence-corrected chi connectivity index (χ3v) is 2.04. The van der Waals surface area contributed by atoms with Crippen LogP contribution in [0.15, 0.2) is 30.3 Å². The number of anilines is 1. The summed E-state index contributed by atoms with van der Waals surface area (Å²) in [6.07, 6.45) is 2.69. The minimum absolute atomic E-state index is 0.136. The lowest BCUT2D eigenvalue weighted by atomic mass is 10.2. The number of nitrogens with two attached hydrogens (primary N) is 1. The predicted octanol–water partition coefficient (Wildman–Crippen LogP) is 1.10. The quantitative estimate of drug-likeness (QED) is 0.602. The Kier molecular flexibility index (Phi) is 4.80. The number of benzene rings is 1. The zero-order valence-electron chi connectivity index (χ0n) is 9.97. The Bertz CT molecular complexity index is 489. The van der Waals surface area contributed by atoms with Gasteiger partial charge in [-0.05, 0) is 30.7 Å². The molecule has 0 aliphatic carbocycles. The van der Waals surface area contributed by atoms with Gasteiger partial charge in [-0.1, -0.05) is 12.1 Å². The molecule has 0 aliphatic heterocycles. The number of primary amides is 1. The Morgan fingerprint density at radius 3 is 2.33 bits per heavy atom. The molecule has 94 valence electrons. The van der Waals surface area contributed by atoms with Crippen LogP contribution in [0.1, 0.15) is 18.9 Å². The molecule has 0 fully saturated rings. The van der Waals surface area contributed by atoms with Gasteiger partial charge in [0.1, 0.15) is 5.78 Å². The van der Waals surface area contributed by atoms with E-state index in [0.29, 0.717) is 5.69 Å². The second-order valence-electron chi connectivity index (χ2n) is 3.78. The van der Waals surface area contributed by atoms with E-state index in [-0.39, 0.29) is 18.1 Å². The highest BCUT2D eigenvalue weighted by molar-refractivity contribution is 6.03. The molecule has 0 saturated carbocycles. The summed E-state index contributed by atoms with van der Waals surface area (Å²) in [5.41, 5.74) is 6.35. The van der Waals surface area contributed by atoms with E-state index >= 15 is 0 Å². The van der Waals surface area contributed by atoms with E-state index in [9.17, 15) is 14.4 Å². The van der Waals surface area contributed by atoms with Crippen LogP contribution in [0, 0.1) is 0 Å². The number of Topliss-reactive ketones (excluding diaryl/α,β-unsaturated/α-hetero) is 1. The Morgan fingerprint density at radius 1 is 1.22 bits per heavy atom. The number of carbonyl (C=O) groups excluding carboxylic acids is 3. The van der Waals surface area contributed by atoms with Crippen LogP contribution in [0.3, 0.4) is 0 Å². The molecule has 18 heavy (non-hydrogen) atoms. The summed E-state index contributed by atoms with van der Waals surface area (Å²) in [6.45, 7) is 1.36. The normalized spacial score (nSPS) is 10.3. The summed E-state index contributed by atoms with van der Waals surface area (Å²) in [5, 5.41) is 2.59. The fourth-order valence-electron chi connectivity index (χ4n) is 1.29. The highest BCUT2D eigenvalue weighted by Gasteiger charge is 2.04. The molecule has 0 aliphatic rings. The highest BCUT2D eigenvalue weighted by Crippen LogP contribution is 2.11. The first-order valence-electron chi connectivity index (χ1n) is 5.34. The van der Waals surface area contributed by atoms with Crippen LogP contribution in [0.25, 0.3) is 6.08 Å². The number of hydrogen-bond acceptors (Lipinski definition) is 3. The third kappa shape index (κ3) is 5.07. The van der Waals surface area contributed by atoms with Gasteiger partial charge < -0.3 is 11.1 Å².